The van der Waals surface area contributed by atoms with E-state index in [0.29, 0.717) is 10.0 Å². The minimum absolute atomic E-state index is 0.653. The smallest absolute Gasteiger partial charge is 0.0426 e. The topological polar surface area (TPSA) is 0 Å². The van der Waals surface area contributed by atoms with Crippen molar-refractivity contribution in [2.75, 3.05) is 0 Å². The van der Waals surface area contributed by atoms with Gasteiger partial charge in [-0.2, -0.15) is 0 Å². The van der Waals surface area contributed by atoms with E-state index in [4.69, 9.17) is 23.2 Å². The van der Waals surface area contributed by atoms with Gasteiger partial charge < -0.3 is 0 Å². The van der Waals surface area contributed by atoms with Crippen molar-refractivity contribution < 1.29 is 0 Å². The SMILES string of the molecule is Clc1cc(Cl)cc(-c2cc3ccccc3c3ccccc23)c1. The van der Waals surface area contributed by atoms with Gasteiger partial charge in [-0.3, -0.25) is 0 Å². The van der Waals surface area contributed by atoms with Gasteiger partial charge in [0, 0.05) is 10.0 Å². The molecular formula is C20H12Cl2. The van der Waals surface area contributed by atoms with Crippen LogP contribution in [0.4, 0.5) is 0 Å². The first kappa shape index (κ1) is 13.6. The molecule has 0 aromatic heterocycles. The third-order valence-corrected chi connectivity index (χ3v) is 4.38. The molecule has 0 saturated carbocycles. The molecule has 0 aliphatic carbocycles. The Kier molecular flexibility index (Phi) is 3.29. The van der Waals surface area contributed by atoms with Crippen molar-refractivity contribution in [1.82, 2.24) is 0 Å². The molecule has 0 N–H and O–H groups in total. The van der Waals surface area contributed by atoms with Gasteiger partial charge in [-0.1, -0.05) is 71.7 Å². The summed E-state index contributed by atoms with van der Waals surface area (Å²) in [5, 5.41) is 6.23. The van der Waals surface area contributed by atoms with Crippen LogP contribution in [0.3, 0.4) is 0 Å². The van der Waals surface area contributed by atoms with E-state index < -0.39 is 0 Å². The molecule has 0 spiro atoms. The average molecular weight is 323 g/mol. The normalized spacial score (nSPS) is 11.2. The van der Waals surface area contributed by atoms with Crippen LogP contribution in [-0.4, -0.2) is 0 Å². The molecule has 0 unspecified atom stereocenters. The van der Waals surface area contributed by atoms with Crippen molar-refractivity contribution in [1.29, 1.82) is 0 Å². The van der Waals surface area contributed by atoms with E-state index in [0.717, 1.165) is 11.1 Å². The molecule has 0 amide bonds. The Bertz CT molecular complexity index is 983. The lowest BCUT2D eigenvalue weighted by atomic mass is 9.93. The van der Waals surface area contributed by atoms with E-state index in [1.807, 2.05) is 12.1 Å². The van der Waals surface area contributed by atoms with E-state index >= 15 is 0 Å². The predicted octanol–water partition coefficient (Wildman–Crippen LogP) is 6.97. The zero-order valence-electron chi connectivity index (χ0n) is 11.7. The number of halogens is 2. The predicted molar refractivity (Wildman–Crippen MR) is 96.9 cm³/mol. The highest BCUT2D eigenvalue weighted by Crippen LogP contribution is 2.36. The Labute approximate surface area is 138 Å². The Balaban J connectivity index is 2.15. The largest absolute Gasteiger partial charge is 0.0843 e. The van der Waals surface area contributed by atoms with Gasteiger partial charge in [-0.15, -0.1) is 0 Å². The Hall–Kier alpha value is -2.02. The zero-order chi connectivity index (χ0) is 15.1. The first-order valence-electron chi connectivity index (χ1n) is 7.09. The standard InChI is InChI=1S/C20H12Cl2/c21-15-9-14(10-16(22)12-15)20-11-13-5-1-2-6-17(13)18-7-3-4-8-19(18)20/h1-12H. The van der Waals surface area contributed by atoms with Gasteiger partial charge in [0.15, 0.2) is 0 Å². The molecule has 4 aromatic rings. The molecule has 0 atom stereocenters. The number of hydrogen-bond acceptors (Lipinski definition) is 0. The van der Waals surface area contributed by atoms with Gasteiger partial charge in [0.05, 0.1) is 0 Å². The van der Waals surface area contributed by atoms with Crippen molar-refractivity contribution >= 4 is 44.7 Å². The van der Waals surface area contributed by atoms with Crippen LogP contribution in [-0.2, 0) is 0 Å². The molecule has 0 aliphatic heterocycles. The Morgan fingerprint density at radius 3 is 1.86 bits per heavy atom. The fourth-order valence-electron chi connectivity index (χ4n) is 3.00. The summed E-state index contributed by atoms with van der Waals surface area (Å²) in [4.78, 5) is 0. The second-order valence-corrected chi connectivity index (χ2v) is 6.22. The van der Waals surface area contributed by atoms with Gasteiger partial charge in [-0.25, -0.2) is 0 Å². The van der Waals surface area contributed by atoms with Crippen LogP contribution in [0.2, 0.25) is 10.0 Å². The molecule has 4 rings (SSSR count). The number of rotatable bonds is 1. The number of benzene rings is 4. The van der Waals surface area contributed by atoms with E-state index in [-0.39, 0.29) is 0 Å². The van der Waals surface area contributed by atoms with Crippen molar-refractivity contribution in [3.63, 3.8) is 0 Å². The van der Waals surface area contributed by atoms with E-state index in [1.54, 1.807) is 6.07 Å². The Morgan fingerprint density at radius 2 is 1.14 bits per heavy atom. The molecule has 0 nitrogen and oxygen atoms in total. The minimum Gasteiger partial charge on any atom is -0.0843 e. The lowest BCUT2D eigenvalue weighted by Gasteiger charge is -2.11. The van der Waals surface area contributed by atoms with Crippen LogP contribution >= 0.6 is 23.2 Å². The van der Waals surface area contributed by atoms with E-state index in [2.05, 4.69) is 54.6 Å². The maximum atomic E-state index is 6.18. The molecule has 106 valence electrons. The summed E-state index contributed by atoms with van der Waals surface area (Å²) in [5.41, 5.74) is 2.19. The van der Waals surface area contributed by atoms with Crippen LogP contribution in [0.15, 0.2) is 72.8 Å². The monoisotopic (exact) mass is 322 g/mol. The third-order valence-electron chi connectivity index (χ3n) is 3.94. The van der Waals surface area contributed by atoms with Crippen LogP contribution in [0.1, 0.15) is 0 Å². The quantitative estimate of drug-likeness (QED) is 0.332. The average Bonchev–Trinajstić information content (AvgIpc) is 2.53. The molecule has 2 heteroatoms. The highest BCUT2D eigenvalue weighted by molar-refractivity contribution is 6.35. The van der Waals surface area contributed by atoms with Crippen LogP contribution < -0.4 is 0 Å². The fraction of sp³-hybridized carbons (Fsp3) is 0. The molecule has 0 radical (unpaired) electrons. The van der Waals surface area contributed by atoms with Gasteiger partial charge in [0.2, 0.25) is 0 Å². The molecule has 0 fully saturated rings. The van der Waals surface area contributed by atoms with Gasteiger partial charge in [0.1, 0.15) is 0 Å². The second-order valence-electron chi connectivity index (χ2n) is 5.35. The van der Waals surface area contributed by atoms with Crippen molar-refractivity contribution in [2.24, 2.45) is 0 Å². The van der Waals surface area contributed by atoms with E-state index in [1.165, 1.54) is 21.5 Å². The summed E-state index contributed by atoms with van der Waals surface area (Å²) in [7, 11) is 0. The first-order chi connectivity index (χ1) is 10.7. The van der Waals surface area contributed by atoms with Crippen molar-refractivity contribution in [3.05, 3.63) is 82.8 Å². The Morgan fingerprint density at radius 1 is 0.545 bits per heavy atom. The molecule has 0 heterocycles. The molecule has 0 aliphatic rings. The van der Waals surface area contributed by atoms with Crippen LogP contribution in [0.25, 0.3) is 32.7 Å². The molecule has 4 aromatic carbocycles. The van der Waals surface area contributed by atoms with Crippen molar-refractivity contribution in [2.45, 2.75) is 0 Å². The fourth-order valence-corrected chi connectivity index (χ4v) is 3.53. The highest BCUT2D eigenvalue weighted by Gasteiger charge is 2.09. The lowest BCUT2D eigenvalue weighted by molar-refractivity contribution is 1.66. The molecular weight excluding hydrogens is 311 g/mol. The van der Waals surface area contributed by atoms with E-state index in [9.17, 15) is 0 Å². The van der Waals surface area contributed by atoms with Crippen LogP contribution in [0, 0.1) is 0 Å². The number of hydrogen-bond donors (Lipinski definition) is 0. The summed E-state index contributed by atoms with van der Waals surface area (Å²) < 4.78 is 0. The zero-order valence-corrected chi connectivity index (χ0v) is 13.2. The maximum absolute atomic E-state index is 6.18. The summed E-state index contributed by atoms with van der Waals surface area (Å²) in [6.07, 6.45) is 0. The maximum Gasteiger partial charge on any atom is 0.0426 e. The van der Waals surface area contributed by atoms with Gasteiger partial charge >= 0.3 is 0 Å². The molecule has 0 saturated heterocycles. The second kappa shape index (κ2) is 5.31. The minimum atomic E-state index is 0.653. The van der Waals surface area contributed by atoms with Crippen molar-refractivity contribution in [3.8, 4) is 11.1 Å². The molecule has 22 heavy (non-hydrogen) atoms. The number of fused-ring (bicyclic) bond motifs is 3. The summed E-state index contributed by atoms with van der Waals surface area (Å²) in [6, 6.07) is 24.8. The third kappa shape index (κ3) is 2.25. The van der Waals surface area contributed by atoms with Crippen LogP contribution in [0.5, 0.6) is 0 Å². The summed E-state index contributed by atoms with van der Waals surface area (Å²) in [5.74, 6) is 0. The summed E-state index contributed by atoms with van der Waals surface area (Å²) >= 11 is 12.4. The lowest BCUT2D eigenvalue weighted by Crippen LogP contribution is -1.85. The summed E-state index contributed by atoms with van der Waals surface area (Å²) in [6.45, 7) is 0. The highest BCUT2D eigenvalue weighted by atomic mass is 35.5. The van der Waals surface area contributed by atoms with Gasteiger partial charge in [0.25, 0.3) is 0 Å². The first-order valence-corrected chi connectivity index (χ1v) is 7.85. The van der Waals surface area contributed by atoms with Gasteiger partial charge in [-0.05, 0) is 56.9 Å². The molecule has 0 bridgehead atoms.